The second kappa shape index (κ2) is 10.1. The van der Waals surface area contributed by atoms with Gasteiger partial charge in [0.25, 0.3) is 5.91 Å². The third-order valence-electron chi connectivity index (χ3n) is 4.28. The van der Waals surface area contributed by atoms with Crippen molar-refractivity contribution in [3.63, 3.8) is 0 Å². The highest BCUT2D eigenvalue weighted by atomic mass is 35.5. The smallest absolute Gasteiger partial charge is 0.287 e. The molecular weight excluding hydrogens is 383 g/mol. The zero-order valence-electron chi connectivity index (χ0n) is 14.0. The Morgan fingerprint density at radius 3 is 2.92 bits per heavy atom. The number of nitrogens with two attached hydrogens (primary N) is 1. The topological polar surface area (TPSA) is 86.1 Å². The maximum absolute atomic E-state index is 12.3. The van der Waals surface area contributed by atoms with Crippen LogP contribution in [0.5, 0.6) is 0 Å². The summed E-state index contributed by atoms with van der Waals surface area (Å²) in [5.74, 6) is 2.01. The molecule has 25 heavy (non-hydrogen) atoms. The van der Waals surface area contributed by atoms with Gasteiger partial charge < -0.3 is 20.0 Å². The average Bonchev–Trinajstić information content (AvgIpc) is 3.26. The second-order valence-electron chi connectivity index (χ2n) is 5.88. The van der Waals surface area contributed by atoms with Crippen LogP contribution in [0.2, 0.25) is 0 Å². The number of nitrogens with zero attached hydrogens (tertiary/aromatic N) is 2. The Morgan fingerprint density at radius 2 is 2.24 bits per heavy atom. The van der Waals surface area contributed by atoms with Crippen molar-refractivity contribution in [2.75, 3.05) is 6.54 Å². The van der Waals surface area contributed by atoms with E-state index in [0.717, 1.165) is 30.2 Å². The maximum Gasteiger partial charge on any atom is 0.287 e. The lowest BCUT2D eigenvalue weighted by molar-refractivity contribution is 0.0899. The van der Waals surface area contributed by atoms with Gasteiger partial charge in [0.15, 0.2) is 10.9 Å². The predicted molar refractivity (Wildman–Crippen MR) is 104 cm³/mol. The van der Waals surface area contributed by atoms with E-state index in [1.54, 1.807) is 24.0 Å². The number of nitrogens with one attached hydrogen (secondary N) is 1. The molecule has 0 saturated heterocycles. The number of aromatic nitrogens is 2. The molecule has 0 aliphatic heterocycles. The summed E-state index contributed by atoms with van der Waals surface area (Å²) in [7, 11) is 1.95. The molecule has 1 fully saturated rings. The van der Waals surface area contributed by atoms with Crippen LogP contribution >= 0.6 is 36.6 Å². The number of aryl methyl sites for hydroxylation is 1. The summed E-state index contributed by atoms with van der Waals surface area (Å²) in [6.45, 7) is 0.620. The van der Waals surface area contributed by atoms with Crippen LogP contribution in [0, 0.1) is 5.92 Å². The molecule has 9 heteroatoms. The van der Waals surface area contributed by atoms with Gasteiger partial charge in [-0.05, 0) is 37.4 Å². The van der Waals surface area contributed by atoms with E-state index in [1.807, 2.05) is 23.9 Å². The summed E-state index contributed by atoms with van der Waals surface area (Å²) in [4.78, 5) is 16.5. The van der Waals surface area contributed by atoms with Crippen LogP contribution < -0.4 is 11.1 Å². The molecule has 2 aromatic heterocycles. The summed E-state index contributed by atoms with van der Waals surface area (Å²) in [5.41, 5.74) is 5.76. The zero-order valence-corrected chi connectivity index (χ0v) is 16.5. The van der Waals surface area contributed by atoms with Crippen molar-refractivity contribution >= 4 is 42.5 Å². The number of carbonyl (C=O) groups is 1. The summed E-state index contributed by atoms with van der Waals surface area (Å²) in [6.07, 6.45) is 6.87. The number of rotatable bonds is 6. The van der Waals surface area contributed by atoms with Crippen molar-refractivity contribution in [3.8, 4) is 0 Å². The Morgan fingerprint density at radius 1 is 1.44 bits per heavy atom. The fraction of sp³-hybridized carbons (Fsp3) is 0.500. The minimum absolute atomic E-state index is 0. The van der Waals surface area contributed by atoms with Crippen LogP contribution in [0.1, 0.15) is 35.6 Å². The molecule has 1 saturated carbocycles. The maximum atomic E-state index is 12.3. The molecule has 1 aliphatic carbocycles. The monoisotopic (exact) mass is 406 g/mol. The molecule has 0 bridgehead atoms. The zero-order chi connectivity index (χ0) is 16.2. The molecule has 0 aromatic carbocycles. The SMILES string of the molecule is Cl.Cl.Cn1ccnc1SCc1ccc(C(=O)NC2CCCC2CN)o1. The van der Waals surface area contributed by atoms with E-state index in [9.17, 15) is 4.79 Å². The first-order valence-corrected chi connectivity index (χ1v) is 8.85. The van der Waals surface area contributed by atoms with Gasteiger partial charge in [0.05, 0.1) is 5.75 Å². The van der Waals surface area contributed by atoms with Gasteiger partial charge in [-0.15, -0.1) is 24.8 Å². The van der Waals surface area contributed by atoms with Crippen LogP contribution in [0.25, 0.3) is 0 Å². The largest absolute Gasteiger partial charge is 0.455 e. The molecule has 1 aliphatic rings. The van der Waals surface area contributed by atoms with E-state index in [2.05, 4.69) is 10.3 Å². The average molecular weight is 407 g/mol. The van der Waals surface area contributed by atoms with E-state index in [0.29, 0.717) is 24.0 Å². The van der Waals surface area contributed by atoms with Crippen molar-refractivity contribution in [2.24, 2.45) is 18.7 Å². The van der Waals surface area contributed by atoms with Gasteiger partial charge >= 0.3 is 0 Å². The van der Waals surface area contributed by atoms with E-state index in [1.165, 1.54) is 0 Å². The highest BCUT2D eigenvalue weighted by Gasteiger charge is 2.28. The first kappa shape index (κ1) is 21.9. The van der Waals surface area contributed by atoms with Crippen LogP contribution in [0.3, 0.4) is 0 Å². The predicted octanol–water partition coefficient (Wildman–Crippen LogP) is 3.01. The number of amides is 1. The van der Waals surface area contributed by atoms with E-state index < -0.39 is 0 Å². The van der Waals surface area contributed by atoms with E-state index >= 15 is 0 Å². The molecule has 1 amide bonds. The molecule has 2 unspecified atom stereocenters. The first-order chi connectivity index (χ1) is 11.2. The van der Waals surface area contributed by atoms with Crippen molar-refractivity contribution in [1.29, 1.82) is 0 Å². The second-order valence-corrected chi connectivity index (χ2v) is 6.82. The Kier molecular flexibility index (Phi) is 8.85. The number of hydrogen-bond acceptors (Lipinski definition) is 5. The van der Waals surface area contributed by atoms with Gasteiger partial charge in [0, 0.05) is 25.5 Å². The quantitative estimate of drug-likeness (QED) is 0.719. The lowest BCUT2D eigenvalue weighted by Gasteiger charge is -2.18. The fourth-order valence-corrected chi connectivity index (χ4v) is 3.78. The molecule has 0 spiro atoms. The number of hydrogen-bond donors (Lipinski definition) is 2. The van der Waals surface area contributed by atoms with Gasteiger partial charge in [0.2, 0.25) is 0 Å². The van der Waals surface area contributed by atoms with Crippen LogP contribution in [0.15, 0.2) is 34.1 Å². The van der Waals surface area contributed by atoms with Crippen LogP contribution in [-0.4, -0.2) is 28.0 Å². The summed E-state index contributed by atoms with van der Waals surface area (Å²) >= 11 is 1.58. The molecule has 2 heterocycles. The van der Waals surface area contributed by atoms with Crippen LogP contribution in [0.4, 0.5) is 0 Å². The third-order valence-corrected chi connectivity index (χ3v) is 5.36. The van der Waals surface area contributed by atoms with Crippen molar-refractivity contribution < 1.29 is 9.21 Å². The minimum Gasteiger partial charge on any atom is -0.455 e. The Bertz CT molecular complexity index is 677. The van der Waals surface area contributed by atoms with Gasteiger partial charge in [-0.25, -0.2) is 4.98 Å². The Hall–Kier alpha value is -1.15. The lowest BCUT2D eigenvalue weighted by Crippen LogP contribution is -2.39. The van der Waals surface area contributed by atoms with E-state index in [-0.39, 0.29) is 36.8 Å². The van der Waals surface area contributed by atoms with Crippen molar-refractivity contribution in [3.05, 3.63) is 36.0 Å². The first-order valence-electron chi connectivity index (χ1n) is 7.87. The number of halogens is 2. The minimum atomic E-state index is -0.149. The number of imidazole rings is 1. The molecule has 6 nitrogen and oxygen atoms in total. The van der Waals surface area contributed by atoms with Crippen molar-refractivity contribution in [2.45, 2.75) is 36.2 Å². The number of thioether (sulfide) groups is 1. The summed E-state index contributed by atoms with van der Waals surface area (Å²) in [6, 6.07) is 3.75. The highest BCUT2D eigenvalue weighted by Crippen LogP contribution is 2.25. The van der Waals surface area contributed by atoms with Crippen LogP contribution in [-0.2, 0) is 12.8 Å². The fourth-order valence-electron chi connectivity index (χ4n) is 2.95. The highest BCUT2D eigenvalue weighted by molar-refractivity contribution is 7.98. The molecule has 2 aromatic rings. The molecule has 3 rings (SSSR count). The van der Waals surface area contributed by atoms with Gasteiger partial charge in [0.1, 0.15) is 5.76 Å². The van der Waals surface area contributed by atoms with Gasteiger partial charge in [-0.2, -0.15) is 0 Å². The molecule has 2 atom stereocenters. The molecule has 3 N–H and O–H groups in total. The third kappa shape index (κ3) is 5.41. The summed E-state index contributed by atoms with van der Waals surface area (Å²) < 4.78 is 7.61. The normalized spacial score (nSPS) is 19.1. The molecular formula is C16H24Cl2N4O2S. The number of furan rings is 1. The van der Waals surface area contributed by atoms with Gasteiger partial charge in [-0.3, -0.25) is 4.79 Å². The summed E-state index contributed by atoms with van der Waals surface area (Å²) in [5, 5.41) is 3.97. The lowest BCUT2D eigenvalue weighted by atomic mass is 10.0. The van der Waals surface area contributed by atoms with Crippen molar-refractivity contribution in [1.82, 2.24) is 14.9 Å². The molecule has 140 valence electrons. The Labute approximate surface area is 164 Å². The van der Waals surface area contributed by atoms with E-state index in [4.69, 9.17) is 10.2 Å². The number of carbonyl (C=O) groups excluding carboxylic acids is 1. The van der Waals surface area contributed by atoms with Gasteiger partial charge in [-0.1, -0.05) is 18.2 Å². The Balaban J connectivity index is 0.00000156. The standard InChI is InChI=1S/C16H22N4O2S.2ClH/c1-20-8-7-18-16(20)23-10-12-5-6-14(22-12)15(21)19-13-4-2-3-11(13)9-17;;/h5-8,11,13H,2-4,9-10,17H2,1H3,(H,19,21);2*1H. The molecule has 0 radical (unpaired) electrons.